The van der Waals surface area contributed by atoms with Crippen LogP contribution in [0.4, 0.5) is 0 Å². The van der Waals surface area contributed by atoms with Crippen LogP contribution >= 0.6 is 0 Å². The summed E-state index contributed by atoms with van der Waals surface area (Å²) >= 11 is 0. The van der Waals surface area contributed by atoms with Crippen LogP contribution in [-0.4, -0.2) is 40.3 Å². The van der Waals surface area contributed by atoms with Gasteiger partial charge in [-0.3, -0.25) is 9.59 Å². The van der Waals surface area contributed by atoms with E-state index in [-0.39, 0.29) is 48.5 Å². The van der Waals surface area contributed by atoms with Gasteiger partial charge in [-0.25, -0.2) is 0 Å². The fraction of sp³-hybridized carbons (Fsp3) is 0.760. The molecule has 8 atom stereocenters. The van der Waals surface area contributed by atoms with Crippen LogP contribution in [0.1, 0.15) is 73.1 Å². The molecule has 0 aromatic carbocycles. The highest BCUT2D eigenvalue weighted by Crippen LogP contribution is 2.45. The number of allylic oxidation sites excluding steroid dienone is 3. The smallest absolute Gasteiger partial charge is 0.308 e. The summed E-state index contributed by atoms with van der Waals surface area (Å²) in [6.45, 7) is 9.70. The molecule has 2 N–H and O–H groups in total. The first-order valence-electron chi connectivity index (χ1n) is 11.6. The van der Waals surface area contributed by atoms with Crippen molar-refractivity contribution >= 4 is 11.8 Å². The number of carbonyl (C=O) groups excluding carboxylic acids is 2. The second-order valence-electron chi connectivity index (χ2n) is 9.60. The van der Waals surface area contributed by atoms with E-state index < -0.39 is 12.2 Å². The molecule has 2 rings (SSSR count). The minimum absolute atomic E-state index is 0.0715. The molecule has 2 aliphatic carbocycles. The number of rotatable bonds is 10. The van der Waals surface area contributed by atoms with Crippen molar-refractivity contribution in [1.82, 2.24) is 0 Å². The average molecular weight is 421 g/mol. The minimum Gasteiger partial charge on any atom is -0.461 e. The summed E-state index contributed by atoms with van der Waals surface area (Å²) in [6.07, 6.45) is 8.35. The third-order valence-corrected chi connectivity index (χ3v) is 6.78. The topological polar surface area (TPSA) is 83.8 Å². The Morgan fingerprint density at radius 2 is 1.93 bits per heavy atom. The largest absolute Gasteiger partial charge is 0.461 e. The lowest BCUT2D eigenvalue weighted by Crippen LogP contribution is -2.41. The maximum Gasteiger partial charge on any atom is 0.308 e. The fourth-order valence-electron chi connectivity index (χ4n) is 4.89. The molecule has 0 heterocycles. The maximum atomic E-state index is 12.5. The van der Waals surface area contributed by atoms with E-state index in [1.165, 1.54) is 12.5 Å². The fourth-order valence-corrected chi connectivity index (χ4v) is 4.89. The highest BCUT2D eigenvalue weighted by atomic mass is 16.5. The van der Waals surface area contributed by atoms with Gasteiger partial charge in [-0.2, -0.15) is 0 Å². The van der Waals surface area contributed by atoms with Crippen molar-refractivity contribution < 1.29 is 24.5 Å². The van der Waals surface area contributed by atoms with Crippen LogP contribution in [0.25, 0.3) is 0 Å². The lowest BCUT2D eigenvalue weighted by atomic mass is 9.65. The zero-order chi connectivity index (χ0) is 22.4. The lowest BCUT2D eigenvalue weighted by molar-refractivity contribution is -0.158. The van der Waals surface area contributed by atoms with Gasteiger partial charge in [-0.05, 0) is 62.4 Å². The normalized spacial score (nSPS) is 31.3. The lowest BCUT2D eigenvalue weighted by Gasteiger charge is -2.43. The zero-order valence-electron chi connectivity index (χ0n) is 19.2. The summed E-state index contributed by atoms with van der Waals surface area (Å²) in [5.41, 5.74) is 1.24. The summed E-state index contributed by atoms with van der Waals surface area (Å²) in [5, 5.41) is 20.4. The molecule has 0 saturated heterocycles. The molecule has 0 aromatic heterocycles. The van der Waals surface area contributed by atoms with E-state index in [0.717, 1.165) is 19.3 Å². The molecule has 0 saturated carbocycles. The van der Waals surface area contributed by atoms with E-state index in [0.29, 0.717) is 18.3 Å². The Morgan fingerprint density at radius 3 is 2.57 bits per heavy atom. The van der Waals surface area contributed by atoms with E-state index in [9.17, 15) is 19.8 Å². The quantitative estimate of drug-likeness (QED) is 0.517. The molecule has 2 aliphatic rings. The number of esters is 1. The van der Waals surface area contributed by atoms with Gasteiger partial charge in [0.15, 0.2) is 0 Å². The zero-order valence-corrected chi connectivity index (χ0v) is 19.2. The molecule has 5 heteroatoms. The van der Waals surface area contributed by atoms with E-state index in [2.05, 4.69) is 32.1 Å². The number of ether oxygens (including phenoxy) is 1. The van der Waals surface area contributed by atoms with E-state index in [4.69, 9.17) is 4.74 Å². The Balaban J connectivity index is 2.09. The van der Waals surface area contributed by atoms with Crippen molar-refractivity contribution in [2.24, 2.45) is 29.6 Å². The Labute approximate surface area is 181 Å². The average Bonchev–Trinajstić information content (AvgIpc) is 2.65. The molecule has 8 unspecified atom stereocenters. The highest BCUT2D eigenvalue weighted by molar-refractivity contribution is 5.75. The van der Waals surface area contributed by atoms with Crippen LogP contribution < -0.4 is 0 Å². The van der Waals surface area contributed by atoms with Gasteiger partial charge in [-0.15, -0.1) is 0 Å². The molecular formula is C25H40O5. The van der Waals surface area contributed by atoms with E-state index >= 15 is 0 Å². The van der Waals surface area contributed by atoms with Crippen LogP contribution in [-0.2, 0) is 14.3 Å². The predicted octanol–water partition coefficient (Wildman–Crippen LogP) is 4.22. The third kappa shape index (κ3) is 6.78. The van der Waals surface area contributed by atoms with Gasteiger partial charge < -0.3 is 14.9 Å². The number of hydrogen-bond acceptors (Lipinski definition) is 5. The Bertz CT molecular complexity index is 652. The van der Waals surface area contributed by atoms with Crippen molar-refractivity contribution in [3.05, 3.63) is 23.8 Å². The van der Waals surface area contributed by atoms with Gasteiger partial charge in [0, 0.05) is 12.3 Å². The second-order valence-corrected chi connectivity index (χ2v) is 9.60. The minimum atomic E-state index is -0.795. The Kier molecular flexibility index (Phi) is 9.30. The summed E-state index contributed by atoms with van der Waals surface area (Å²) in [7, 11) is 0. The van der Waals surface area contributed by atoms with Gasteiger partial charge in [0.2, 0.25) is 0 Å². The van der Waals surface area contributed by atoms with Crippen molar-refractivity contribution in [3.8, 4) is 0 Å². The van der Waals surface area contributed by atoms with E-state index in [1.54, 1.807) is 0 Å². The first kappa shape index (κ1) is 24.8. The van der Waals surface area contributed by atoms with Gasteiger partial charge >= 0.3 is 5.97 Å². The van der Waals surface area contributed by atoms with Crippen LogP contribution in [0.15, 0.2) is 23.8 Å². The monoisotopic (exact) mass is 420 g/mol. The maximum absolute atomic E-state index is 12.5. The molecule has 0 radical (unpaired) electrons. The molecule has 5 nitrogen and oxygen atoms in total. The van der Waals surface area contributed by atoms with Crippen LogP contribution in [0, 0.1) is 29.6 Å². The Hall–Kier alpha value is -1.46. The number of aliphatic hydroxyl groups is 2. The Morgan fingerprint density at radius 1 is 1.23 bits per heavy atom. The first-order chi connectivity index (χ1) is 14.1. The van der Waals surface area contributed by atoms with Crippen molar-refractivity contribution in [1.29, 1.82) is 0 Å². The summed E-state index contributed by atoms with van der Waals surface area (Å²) in [6, 6.07) is 0. The highest BCUT2D eigenvalue weighted by Gasteiger charge is 2.41. The summed E-state index contributed by atoms with van der Waals surface area (Å²) in [5.74, 6) is 0.791. The van der Waals surface area contributed by atoms with Crippen molar-refractivity contribution in [3.63, 3.8) is 0 Å². The number of Topliss-reactive ketones (excluding diaryl/α,β-unsaturated/α-hetero) is 1. The molecule has 0 bridgehead atoms. The molecular weight excluding hydrogens is 380 g/mol. The van der Waals surface area contributed by atoms with Crippen LogP contribution in [0.2, 0.25) is 0 Å². The van der Waals surface area contributed by atoms with Crippen LogP contribution in [0.5, 0.6) is 0 Å². The van der Waals surface area contributed by atoms with Crippen molar-refractivity contribution in [2.75, 3.05) is 0 Å². The molecule has 0 aliphatic heterocycles. The molecule has 170 valence electrons. The number of fused-ring (bicyclic) bond motifs is 1. The SMILES string of the molecule is CCC(C)C(=O)OC1CC(C)C=C2C=CC(C)C(CCC(O)CC(O)CC(C)=O)C21. The summed E-state index contributed by atoms with van der Waals surface area (Å²) in [4.78, 5) is 23.7. The van der Waals surface area contributed by atoms with Gasteiger partial charge in [0.05, 0.1) is 18.1 Å². The molecule has 0 spiro atoms. The standard InChI is InChI=1S/C25H40O5/c1-6-16(3)25(29)30-23-12-15(2)11-19-8-7-17(4)22(24(19)23)10-9-20(27)14-21(28)13-18(5)26/h7-8,11,15-17,20-24,27-28H,6,9-10,12-14H2,1-5H3. The second kappa shape index (κ2) is 11.2. The summed E-state index contributed by atoms with van der Waals surface area (Å²) < 4.78 is 6.02. The van der Waals surface area contributed by atoms with E-state index in [1.807, 2.05) is 13.8 Å². The third-order valence-electron chi connectivity index (χ3n) is 6.78. The van der Waals surface area contributed by atoms with Gasteiger partial charge in [-0.1, -0.05) is 45.9 Å². The van der Waals surface area contributed by atoms with Crippen molar-refractivity contribution in [2.45, 2.75) is 91.5 Å². The number of aliphatic hydroxyl groups excluding tert-OH is 2. The van der Waals surface area contributed by atoms with Gasteiger partial charge in [0.25, 0.3) is 0 Å². The van der Waals surface area contributed by atoms with Crippen LogP contribution in [0.3, 0.4) is 0 Å². The predicted molar refractivity (Wildman–Crippen MR) is 118 cm³/mol. The number of carbonyl (C=O) groups is 2. The molecule has 0 fully saturated rings. The first-order valence-corrected chi connectivity index (χ1v) is 11.6. The molecule has 0 amide bonds. The molecule has 30 heavy (non-hydrogen) atoms. The number of ketones is 1. The molecule has 0 aromatic rings. The number of hydrogen-bond donors (Lipinski definition) is 2. The van der Waals surface area contributed by atoms with Gasteiger partial charge in [0.1, 0.15) is 11.9 Å².